The van der Waals surface area contributed by atoms with Crippen molar-refractivity contribution in [3.63, 3.8) is 0 Å². The van der Waals surface area contributed by atoms with Crippen LogP contribution in [0.4, 0.5) is 4.79 Å². The summed E-state index contributed by atoms with van der Waals surface area (Å²) in [6, 6.07) is 7.33. The Bertz CT molecular complexity index is 735. The lowest BCUT2D eigenvalue weighted by molar-refractivity contribution is -0.134. The first kappa shape index (κ1) is 15.8. The van der Waals surface area contributed by atoms with Crippen molar-refractivity contribution in [3.05, 3.63) is 42.1 Å². The molecular weight excluding hydrogens is 282 g/mol. The first-order valence-electron chi connectivity index (χ1n) is 6.91. The monoisotopic (exact) mass is 301 g/mol. The number of hydrogen-bond acceptors (Lipinski definition) is 4. The molecule has 0 N–H and O–H groups in total. The Labute approximate surface area is 129 Å². The van der Waals surface area contributed by atoms with Gasteiger partial charge in [-0.3, -0.25) is 4.57 Å². The van der Waals surface area contributed by atoms with Crippen LogP contribution in [0.15, 0.2) is 36.5 Å². The molecular formula is C17H19NO4. The number of rotatable bonds is 2. The number of carbonyl (C=O) groups is 2. The van der Waals surface area contributed by atoms with Crippen LogP contribution < -0.4 is 0 Å². The van der Waals surface area contributed by atoms with E-state index < -0.39 is 17.7 Å². The van der Waals surface area contributed by atoms with Gasteiger partial charge < -0.3 is 9.47 Å². The zero-order valence-electron chi connectivity index (χ0n) is 13.1. The largest absolute Gasteiger partial charge is 0.466 e. The number of ether oxygens (including phenoxy) is 2. The number of methoxy groups -OCH3 is 1. The Morgan fingerprint density at radius 1 is 1.18 bits per heavy atom. The van der Waals surface area contributed by atoms with E-state index in [0.717, 1.165) is 16.5 Å². The lowest BCUT2D eigenvalue weighted by Gasteiger charge is -2.19. The smallest absolute Gasteiger partial charge is 0.418 e. The molecule has 116 valence electrons. The molecule has 0 amide bonds. The maximum absolute atomic E-state index is 12.2. The highest BCUT2D eigenvalue weighted by molar-refractivity contribution is 5.97. The average Bonchev–Trinajstić information content (AvgIpc) is 2.87. The fourth-order valence-corrected chi connectivity index (χ4v) is 2.03. The first-order valence-corrected chi connectivity index (χ1v) is 6.91. The van der Waals surface area contributed by atoms with Gasteiger partial charge in [-0.15, -0.1) is 0 Å². The zero-order chi connectivity index (χ0) is 16.3. The van der Waals surface area contributed by atoms with E-state index in [4.69, 9.17) is 4.74 Å². The van der Waals surface area contributed by atoms with Gasteiger partial charge >= 0.3 is 12.1 Å². The summed E-state index contributed by atoms with van der Waals surface area (Å²) in [5.74, 6) is -0.427. The molecule has 0 saturated heterocycles. The summed E-state index contributed by atoms with van der Waals surface area (Å²) in [6.45, 7) is 5.46. The summed E-state index contributed by atoms with van der Waals surface area (Å²) in [6.07, 6.45) is 4.23. The highest BCUT2D eigenvalue weighted by Crippen LogP contribution is 2.22. The molecule has 0 fully saturated rings. The van der Waals surface area contributed by atoms with Gasteiger partial charge in [0.15, 0.2) is 0 Å². The maximum atomic E-state index is 12.2. The average molecular weight is 301 g/mol. The standard InChI is InChI=1S/C17H19NO4/c1-17(2,3)22-16(20)18-11-10-13-12(6-5-7-14(13)18)8-9-15(19)21-4/h5-11H,1-4H3. The molecule has 0 bridgehead atoms. The van der Waals surface area contributed by atoms with E-state index in [2.05, 4.69) is 4.74 Å². The normalized spacial score (nSPS) is 11.8. The van der Waals surface area contributed by atoms with Crippen LogP contribution in [-0.4, -0.2) is 29.3 Å². The van der Waals surface area contributed by atoms with Gasteiger partial charge in [-0.2, -0.15) is 0 Å². The van der Waals surface area contributed by atoms with E-state index >= 15 is 0 Å². The minimum Gasteiger partial charge on any atom is -0.466 e. The van der Waals surface area contributed by atoms with Gasteiger partial charge in [-0.25, -0.2) is 9.59 Å². The van der Waals surface area contributed by atoms with Gasteiger partial charge in [0.25, 0.3) is 0 Å². The number of hydrogen-bond donors (Lipinski definition) is 0. The molecule has 2 rings (SSSR count). The summed E-state index contributed by atoms with van der Waals surface area (Å²) < 4.78 is 11.4. The Hall–Kier alpha value is -2.56. The summed E-state index contributed by atoms with van der Waals surface area (Å²) in [5.41, 5.74) is 0.988. The Kier molecular flexibility index (Phi) is 4.35. The number of aromatic nitrogens is 1. The molecule has 0 atom stereocenters. The Morgan fingerprint density at radius 2 is 1.91 bits per heavy atom. The summed E-state index contributed by atoms with van der Waals surface area (Å²) >= 11 is 0. The van der Waals surface area contributed by atoms with E-state index in [9.17, 15) is 9.59 Å². The minimum atomic E-state index is -0.559. The lowest BCUT2D eigenvalue weighted by Crippen LogP contribution is -2.26. The van der Waals surface area contributed by atoms with Gasteiger partial charge in [0.2, 0.25) is 0 Å². The predicted molar refractivity (Wildman–Crippen MR) is 84.6 cm³/mol. The molecule has 0 aliphatic rings. The zero-order valence-corrected chi connectivity index (χ0v) is 13.1. The molecule has 2 aromatic rings. The molecule has 1 heterocycles. The first-order chi connectivity index (χ1) is 10.3. The van der Waals surface area contributed by atoms with Crippen molar-refractivity contribution in [2.24, 2.45) is 0 Å². The fourth-order valence-electron chi connectivity index (χ4n) is 2.03. The molecule has 0 radical (unpaired) electrons. The van der Waals surface area contributed by atoms with Crippen molar-refractivity contribution in [2.45, 2.75) is 26.4 Å². The van der Waals surface area contributed by atoms with Crippen molar-refractivity contribution in [1.29, 1.82) is 0 Å². The molecule has 0 unspecified atom stereocenters. The molecule has 0 saturated carbocycles. The van der Waals surface area contributed by atoms with Gasteiger partial charge in [0.05, 0.1) is 12.6 Å². The van der Waals surface area contributed by atoms with Gasteiger partial charge in [-0.1, -0.05) is 12.1 Å². The lowest BCUT2D eigenvalue weighted by atomic mass is 10.1. The van der Waals surface area contributed by atoms with Crippen LogP contribution in [0.1, 0.15) is 26.3 Å². The molecule has 22 heavy (non-hydrogen) atoms. The Morgan fingerprint density at radius 3 is 2.55 bits per heavy atom. The highest BCUT2D eigenvalue weighted by atomic mass is 16.6. The second-order valence-corrected chi connectivity index (χ2v) is 5.80. The molecule has 1 aromatic carbocycles. The van der Waals surface area contributed by atoms with Crippen molar-refractivity contribution < 1.29 is 19.1 Å². The van der Waals surface area contributed by atoms with Crippen LogP contribution in [0, 0.1) is 0 Å². The minimum absolute atomic E-state index is 0.427. The third-order valence-electron chi connectivity index (χ3n) is 2.96. The number of carbonyl (C=O) groups excluding carboxylic acids is 2. The van der Waals surface area contributed by atoms with Crippen LogP contribution in [0.3, 0.4) is 0 Å². The summed E-state index contributed by atoms with van der Waals surface area (Å²) in [4.78, 5) is 23.4. The maximum Gasteiger partial charge on any atom is 0.418 e. The summed E-state index contributed by atoms with van der Waals surface area (Å²) in [7, 11) is 1.33. The molecule has 0 aliphatic carbocycles. The molecule has 0 spiro atoms. The van der Waals surface area contributed by atoms with Gasteiger partial charge in [-0.05, 0) is 44.5 Å². The van der Waals surface area contributed by atoms with E-state index in [-0.39, 0.29) is 0 Å². The third-order valence-corrected chi connectivity index (χ3v) is 2.96. The van der Waals surface area contributed by atoms with Crippen molar-refractivity contribution in [2.75, 3.05) is 7.11 Å². The van der Waals surface area contributed by atoms with Crippen LogP contribution >= 0.6 is 0 Å². The van der Waals surface area contributed by atoms with Gasteiger partial charge in [0, 0.05) is 17.7 Å². The fraction of sp³-hybridized carbons (Fsp3) is 0.294. The third kappa shape index (κ3) is 3.55. The number of esters is 1. The Balaban J connectivity index is 2.39. The topological polar surface area (TPSA) is 57.5 Å². The molecule has 0 aliphatic heterocycles. The van der Waals surface area contributed by atoms with Crippen molar-refractivity contribution in [1.82, 2.24) is 4.57 Å². The van der Waals surface area contributed by atoms with Crippen molar-refractivity contribution >= 4 is 29.0 Å². The van der Waals surface area contributed by atoms with Crippen LogP contribution in [0.5, 0.6) is 0 Å². The number of fused-ring (bicyclic) bond motifs is 1. The second-order valence-electron chi connectivity index (χ2n) is 5.80. The SMILES string of the molecule is COC(=O)C=Cc1cccc2c1ccn2C(=O)OC(C)(C)C. The predicted octanol–water partition coefficient (Wildman–Crippen LogP) is 3.61. The van der Waals surface area contributed by atoms with Crippen LogP contribution in [-0.2, 0) is 14.3 Å². The second kappa shape index (κ2) is 6.05. The highest BCUT2D eigenvalue weighted by Gasteiger charge is 2.19. The van der Waals surface area contributed by atoms with Crippen molar-refractivity contribution in [3.8, 4) is 0 Å². The molecule has 1 aromatic heterocycles. The van der Waals surface area contributed by atoms with Crippen LogP contribution in [0.25, 0.3) is 17.0 Å². The molecule has 5 nitrogen and oxygen atoms in total. The van der Waals surface area contributed by atoms with E-state index in [1.165, 1.54) is 17.8 Å². The summed E-state index contributed by atoms with van der Waals surface area (Å²) in [5, 5.41) is 0.855. The number of benzene rings is 1. The number of nitrogens with zero attached hydrogens (tertiary/aromatic N) is 1. The van der Waals surface area contributed by atoms with E-state index in [1.807, 2.05) is 45.0 Å². The quantitative estimate of drug-likeness (QED) is 0.628. The van der Waals surface area contributed by atoms with E-state index in [0.29, 0.717) is 0 Å². The van der Waals surface area contributed by atoms with Crippen LogP contribution in [0.2, 0.25) is 0 Å². The van der Waals surface area contributed by atoms with E-state index in [1.54, 1.807) is 12.3 Å². The molecule has 5 heteroatoms. The van der Waals surface area contributed by atoms with Gasteiger partial charge in [0.1, 0.15) is 5.60 Å².